The second-order valence-corrected chi connectivity index (χ2v) is 9.11. The Bertz CT molecular complexity index is 682. The summed E-state index contributed by atoms with van der Waals surface area (Å²) in [5, 5.41) is 10.2. The summed E-state index contributed by atoms with van der Waals surface area (Å²) in [6.07, 6.45) is 4.87. The number of fused-ring (bicyclic) bond motifs is 4. The van der Waals surface area contributed by atoms with Gasteiger partial charge in [-0.15, -0.1) is 0 Å². The molecule has 27 heavy (non-hydrogen) atoms. The minimum absolute atomic E-state index is 0.117. The SMILES string of the molecule is COc1ccc([C@H]2CCC[C@H]3[C@@H]4C[C@@H](CN(C(=O)C(C)(C)O)C4)CN23)cc1. The lowest BCUT2D eigenvalue weighted by Gasteiger charge is -2.55. The van der Waals surface area contributed by atoms with E-state index in [4.69, 9.17) is 4.74 Å². The third-order valence-electron chi connectivity index (χ3n) is 6.70. The molecule has 3 saturated heterocycles. The summed E-state index contributed by atoms with van der Waals surface area (Å²) < 4.78 is 5.31. The first kappa shape index (κ1) is 18.8. The smallest absolute Gasteiger partial charge is 0.253 e. The number of piperidine rings is 3. The molecule has 148 valence electrons. The maximum Gasteiger partial charge on any atom is 0.253 e. The Morgan fingerprint density at radius 2 is 1.89 bits per heavy atom. The number of benzene rings is 1. The lowest BCUT2D eigenvalue weighted by molar-refractivity contribution is -0.155. The number of rotatable bonds is 3. The maximum absolute atomic E-state index is 12.6. The van der Waals surface area contributed by atoms with E-state index in [9.17, 15) is 9.90 Å². The normalized spacial score (nSPS) is 31.3. The van der Waals surface area contributed by atoms with Gasteiger partial charge in [-0.3, -0.25) is 9.69 Å². The van der Waals surface area contributed by atoms with E-state index in [0.717, 1.165) is 25.4 Å². The van der Waals surface area contributed by atoms with Gasteiger partial charge in [-0.2, -0.15) is 0 Å². The van der Waals surface area contributed by atoms with E-state index in [1.54, 1.807) is 21.0 Å². The Morgan fingerprint density at radius 1 is 1.15 bits per heavy atom. The molecule has 1 aromatic rings. The van der Waals surface area contributed by atoms with E-state index >= 15 is 0 Å². The van der Waals surface area contributed by atoms with E-state index in [1.807, 2.05) is 4.90 Å². The minimum atomic E-state index is -1.27. The highest BCUT2D eigenvalue weighted by Crippen LogP contribution is 2.44. The second kappa shape index (κ2) is 7.10. The first-order valence-electron chi connectivity index (χ1n) is 10.3. The quantitative estimate of drug-likeness (QED) is 0.886. The van der Waals surface area contributed by atoms with Gasteiger partial charge in [-0.25, -0.2) is 0 Å². The third-order valence-corrected chi connectivity index (χ3v) is 6.70. The van der Waals surface area contributed by atoms with Gasteiger partial charge in [0.15, 0.2) is 0 Å². The molecule has 0 spiro atoms. The molecule has 4 rings (SSSR count). The number of ether oxygens (including phenoxy) is 1. The van der Waals surface area contributed by atoms with Gasteiger partial charge in [0.2, 0.25) is 0 Å². The van der Waals surface area contributed by atoms with Crippen LogP contribution in [0, 0.1) is 11.8 Å². The molecule has 0 aliphatic carbocycles. The van der Waals surface area contributed by atoms with Gasteiger partial charge in [0, 0.05) is 31.7 Å². The molecular weight excluding hydrogens is 340 g/mol. The second-order valence-electron chi connectivity index (χ2n) is 9.11. The fourth-order valence-electron chi connectivity index (χ4n) is 5.54. The monoisotopic (exact) mass is 372 g/mol. The number of carbonyl (C=O) groups is 1. The molecule has 4 atom stereocenters. The van der Waals surface area contributed by atoms with Crippen molar-refractivity contribution in [2.75, 3.05) is 26.7 Å². The van der Waals surface area contributed by atoms with Crippen molar-refractivity contribution in [3.8, 4) is 5.75 Å². The van der Waals surface area contributed by atoms with Gasteiger partial charge in [0.1, 0.15) is 11.4 Å². The van der Waals surface area contributed by atoms with Crippen molar-refractivity contribution in [1.82, 2.24) is 9.80 Å². The molecule has 3 heterocycles. The summed E-state index contributed by atoms with van der Waals surface area (Å²) in [5.41, 5.74) is 0.105. The zero-order valence-corrected chi connectivity index (χ0v) is 16.7. The Hall–Kier alpha value is -1.59. The van der Waals surface area contributed by atoms with Crippen molar-refractivity contribution in [2.45, 2.75) is 57.2 Å². The van der Waals surface area contributed by atoms with Crippen LogP contribution in [0.1, 0.15) is 51.1 Å². The number of methoxy groups -OCH3 is 1. The zero-order valence-electron chi connectivity index (χ0n) is 16.7. The fourth-order valence-corrected chi connectivity index (χ4v) is 5.54. The Labute approximate surface area is 162 Å². The van der Waals surface area contributed by atoms with Crippen LogP contribution in [0.25, 0.3) is 0 Å². The number of likely N-dealkylation sites (tertiary alicyclic amines) is 1. The standard InChI is InChI=1S/C22H32N2O3/c1-22(2,26)21(25)23-12-15-11-17(14-23)20-6-4-5-19(24(20)13-15)16-7-9-18(27-3)10-8-16/h7-10,15,17,19-20,26H,4-6,11-14H2,1-3H3/t15-,17+,19+,20-/m0/s1. The summed E-state index contributed by atoms with van der Waals surface area (Å²) in [6, 6.07) is 9.55. The predicted molar refractivity (Wildman–Crippen MR) is 105 cm³/mol. The van der Waals surface area contributed by atoms with Crippen LogP contribution in [0.4, 0.5) is 0 Å². The van der Waals surface area contributed by atoms with Crippen LogP contribution in [0.3, 0.4) is 0 Å². The van der Waals surface area contributed by atoms with E-state index in [0.29, 0.717) is 23.9 Å². The van der Waals surface area contributed by atoms with Crippen LogP contribution in [-0.4, -0.2) is 59.2 Å². The van der Waals surface area contributed by atoms with Crippen molar-refractivity contribution >= 4 is 5.91 Å². The molecular formula is C22H32N2O3. The largest absolute Gasteiger partial charge is 0.497 e. The number of nitrogens with zero attached hydrogens (tertiary/aromatic N) is 2. The summed E-state index contributed by atoms with van der Waals surface area (Å²) in [5.74, 6) is 1.81. The summed E-state index contributed by atoms with van der Waals surface area (Å²) in [7, 11) is 1.71. The molecule has 1 aromatic carbocycles. The van der Waals surface area contributed by atoms with Crippen LogP contribution in [0.15, 0.2) is 24.3 Å². The molecule has 3 aliphatic heterocycles. The predicted octanol–water partition coefficient (Wildman–Crippen LogP) is 2.84. The molecule has 0 unspecified atom stereocenters. The van der Waals surface area contributed by atoms with Gasteiger partial charge < -0.3 is 14.7 Å². The van der Waals surface area contributed by atoms with Gasteiger partial charge in [-0.1, -0.05) is 12.1 Å². The van der Waals surface area contributed by atoms with Crippen molar-refractivity contribution in [2.24, 2.45) is 11.8 Å². The lowest BCUT2D eigenvalue weighted by atomic mass is 9.73. The maximum atomic E-state index is 12.6. The van der Waals surface area contributed by atoms with Gasteiger partial charge >= 0.3 is 0 Å². The van der Waals surface area contributed by atoms with Crippen LogP contribution in [0.5, 0.6) is 5.75 Å². The molecule has 0 saturated carbocycles. The van der Waals surface area contributed by atoms with E-state index < -0.39 is 5.60 Å². The first-order valence-corrected chi connectivity index (χ1v) is 10.3. The Kier molecular flexibility index (Phi) is 4.93. The highest BCUT2D eigenvalue weighted by Gasteiger charge is 2.46. The highest BCUT2D eigenvalue weighted by molar-refractivity contribution is 5.84. The summed E-state index contributed by atoms with van der Waals surface area (Å²) >= 11 is 0. The molecule has 5 nitrogen and oxygen atoms in total. The molecule has 3 fully saturated rings. The third kappa shape index (κ3) is 3.59. The number of aliphatic hydroxyl groups is 1. The molecule has 5 heteroatoms. The van der Waals surface area contributed by atoms with Crippen molar-refractivity contribution < 1.29 is 14.6 Å². The molecule has 0 radical (unpaired) electrons. The average molecular weight is 373 g/mol. The number of hydrogen-bond acceptors (Lipinski definition) is 4. The number of carbonyl (C=O) groups excluding carboxylic acids is 1. The van der Waals surface area contributed by atoms with E-state index in [-0.39, 0.29) is 5.91 Å². The highest BCUT2D eigenvalue weighted by atomic mass is 16.5. The van der Waals surface area contributed by atoms with Gasteiger partial charge in [0.25, 0.3) is 5.91 Å². The molecule has 3 aliphatic rings. The van der Waals surface area contributed by atoms with Crippen molar-refractivity contribution in [1.29, 1.82) is 0 Å². The summed E-state index contributed by atoms with van der Waals surface area (Å²) in [6.45, 7) is 5.82. The van der Waals surface area contributed by atoms with Crippen LogP contribution >= 0.6 is 0 Å². The van der Waals surface area contributed by atoms with E-state index in [1.165, 1.54) is 31.2 Å². The zero-order chi connectivity index (χ0) is 19.2. The minimum Gasteiger partial charge on any atom is -0.497 e. The van der Waals surface area contributed by atoms with Crippen molar-refractivity contribution in [3.63, 3.8) is 0 Å². The van der Waals surface area contributed by atoms with Crippen LogP contribution < -0.4 is 4.74 Å². The Balaban J connectivity index is 1.53. The van der Waals surface area contributed by atoms with Crippen LogP contribution in [-0.2, 0) is 4.79 Å². The number of amides is 1. The van der Waals surface area contributed by atoms with E-state index in [2.05, 4.69) is 29.2 Å². The van der Waals surface area contributed by atoms with Gasteiger partial charge in [-0.05, 0) is 69.1 Å². The number of hydrogen-bond donors (Lipinski definition) is 1. The average Bonchev–Trinajstić information content (AvgIpc) is 2.66. The van der Waals surface area contributed by atoms with Gasteiger partial charge in [0.05, 0.1) is 7.11 Å². The molecule has 1 N–H and O–H groups in total. The Morgan fingerprint density at radius 3 is 2.56 bits per heavy atom. The van der Waals surface area contributed by atoms with Crippen LogP contribution in [0.2, 0.25) is 0 Å². The first-order chi connectivity index (χ1) is 12.9. The summed E-state index contributed by atoms with van der Waals surface area (Å²) in [4.78, 5) is 17.2. The fraction of sp³-hybridized carbons (Fsp3) is 0.682. The lowest BCUT2D eigenvalue weighted by Crippen LogP contribution is -2.62. The molecule has 1 amide bonds. The topological polar surface area (TPSA) is 53.0 Å². The molecule has 2 bridgehead atoms. The molecule has 0 aromatic heterocycles. The van der Waals surface area contributed by atoms with Crippen molar-refractivity contribution in [3.05, 3.63) is 29.8 Å².